The first-order valence-corrected chi connectivity index (χ1v) is 2.56. The topological polar surface area (TPSA) is 3.24 Å². The van der Waals surface area contributed by atoms with Crippen LogP contribution in [0.5, 0.6) is 0 Å². The molecule has 0 aliphatic heterocycles. The molecule has 0 aromatic rings. The fourth-order valence-corrected chi connectivity index (χ4v) is 0.530. The maximum Gasteiger partial charge on any atom is 0.436 e. The third-order valence-electron chi connectivity index (χ3n) is 0.895. The molecule has 0 radical (unpaired) electrons. The molecule has 0 unspecified atom stereocenters. The van der Waals surface area contributed by atoms with Crippen molar-refractivity contribution >= 4 is 0 Å². The fraction of sp³-hybridized carbons (Fsp3) is 0.600. The van der Waals surface area contributed by atoms with Gasteiger partial charge in [0, 0.05) is 14.1 Å². The molecule has 0 aromatic carbocycles. The number of allylic oxidation sites excluding steroid dienone is 1. The van der Waals surface area contributed by atoms with E-state index < -0.39 is 18.0 Å². The van der Waals surface area contributed by atoms with Crippen molar-refractivity contribution in [3.8, 4) is 0 Å². The monoisotopic (exact) mass is 175 g/mol. The first kappa shape index (κ1) is 10.2. The number of halogens is 5. The number of hydrogen-bond donors (Lipinski definition) is 0. The van der Waals surface area contributed by atoms with E-state index in [9.17, 15) is 22.0 Å². The van der Waals surface area contributed by atoms with Gasteiger partial charge < -0.3 is 4.90 Å². The molecule has 0 saturated carbocycles. The molecule has 0 atom stereocenters. The molecule has 0 aliphatic rings. The molecule has 66 valence electrons. The molecule has 0 rings (SSSR count). The van der Waals surface area contributed by atoms with Crippen LogP contribution in [-0.4, -0.2) is 25.2 Å². The lowest BCUT2D eigenvalue weighted by atomic mass is 10.4. The van der Waals surface area contributed by atoms with E-state index in [1.807, 2.05) is 0 Å². The summed E-state index contributed by atoms with van der Waals surface area (Å²) < 4.78 is 58.1. The second-order valence-electron chi connectivity index (χ2n) is 2.00. The highest BCUT2D eigenvalue weighted by atomic mass is 19.4. The van der Waals surface area contributed by atoms with Crippen LogP contribution in [0.15, 0.2) is 11.8 Å². The Morgan fingerprint density at radius 1 is 1.09 bits per heavy atom. The molecule has 0 saturated heterocycles. The summed E-state index contributed by atoms with van der Waals surface area (Å²) in [5, 5.41) is 0. The number of hydrogen-bond acceptors (Lipinski definition) is 1. The first-order chi connectivity index (χ1) is 4.76. The Balaban J connectivity index is 4.80. The smallest absolute Gasteiger partial charge is 0.369 e. The largest absolute Gasteiger partial charge is 0.436 e. The summed E-state index contributed by atoms with van der Waals surface area (Å²) in [5.74, 6) is 0. The van der Waals surface area contributed by atoms with E-state index >= 15 is 0 Å². The molecule has 0 bridgehead atoms. The lowest BCUT2D eigenvalue weighted by Gasteiger charge is -2.17. The lowest BCUT2D eigenvalue weighted by molar-refractivity contribution is -0.111. The summed E-state index contributed by atoms with van der Waals surface area (Å²) in [7, 11) is 1.81. The van der Waals surface area contributed by atoms with Gasteiger partial charge in [-0.3, -0.25) is 0 Å². The van der Waals surface area contributed by atoms with Crippen LogP contribution < -0.4 is 0 Å². The minimum absolute atomic E-state index is 0.329. The summed E-state index contributed by atoms with van der Waals surface area (Å²) >= 11 is 0. The van der Waals surface area contributed by atoms with E-state index in [0.29, 0.717) is 4.90 Å². The Bertz CT molecular complexity index is 164. The van der Waals surface area contributed by atoms with Gasteiger partial charge in [0.15, 0.2) is 5.70 Å². The van der Waals surface area contributed by atoms with Crippen molar-refractivity contribution in [3.63, 3.8) is 0 Å². The summed E-state index contributed by atoms with van der Waals surface area (Å²) in [5.41, 5.74) is -1.91. The zero-order valence-corrected chi connectivity index (χ0v) is 5.84. The summed E-state index contributed by atoms with van der Waals surface area (Å²) in [6, 6.07) is 0. The molecule has 6 heteroatoms. The van der Waals surface area contributed by atoms with Crippen LogP contribution in [-0.2, 0) is 0 Å². The SMILES string of the molecule is CN(C)C(=C(F)F)C(F)(F)F. The summed E-state index contributed by atoms with van der Waals surface area (Å²) in [4.78, 5) is 0.329. The average molecular weight is 175 g/mol. The molecule has 0 heterocycles. The number of nitrogens with zero attached hydrogens (tertiary/aromatic N) is 1. The van der Waals surface area contributed by atoms with Crippen LogP contribution in [0.4, 0.5) is 22.0 Å². The van der Waals surface area contributed by atoms with Crippen molar-refractivity contribution in [1.29, 1.82) is 0 Å². The van der Waals surface area contributed by atoms with Crippen LogP contribution in [0.2, 0.25) is 0 Å². The van der Waals surface area contributed by atoms with Crippen molar-refractivity contribution in [1.82, 2.24) is 4.90 Å². The van der Waals surface area contributed by atoms with Gasteiger partial charge in [0.25, 0.3) is 6.08 Å². The third kappa shape index (κ3) is 2.73. The third-order valence-corrected chi connectivity index (χ3v) is 0.895. The molecule has 0 N–H and O–H groups in total. The Labute approximate surface area is 60.1 Å². The number of rotatable bonds is 1. The van der Waals surface area contributed by atoms with Crippen LogP contribution >= 0.6 is 0 Å². The molecule has 0 amide bonds. The van der Waals surface area contributed by atoms with Gasteiger partial charge >= 0.3 is 6.18 Å². The molecular formula is C5H6F5N. The predicted molar refractivity (Wildman–Crippen MR) is 29.0 cm³/mol. The van der Waals surface area contributed by atoms with Gasteiger partial charge in [-0.25, -0.2) is 0 Å². The van der Waals surface area contributed by atoms with Gasteiger partial charge in [-0.15, -0.1) is 0 Å². The van der Waals surface area contributed by atoms with Gasteiger partial charge in [-0.2, -0.15) is 22.0 Å². The van der Waals surface area contributed by atoms with Gasteiger partial charge in [0.1, 0.15) is 0 Å². The normalized spacial score (nSPS) is 11.2. The highest BCUT2D eigenvalue weighted by Crippen LogP contribution is 2.30. The second kappa shape index (κ2) is 3.06. The Morgan fingerprint density at radius 3 is 1.45 bits per heavy atom. The van der Waals surface area contributed by atoms with Crippen LogP contribution in [0, 0.1) is 0 Å². The quantitative estimate of drug-likeness (QED) is 0.552. The molecule has 0 aliphatic carbocycles. The first-order valence-electron chi connectivity index (χ1n) is 2.56. The van der Waals surface area contributed by atoms with Crippen molar-refractivity contribution < 1.29 is 22.0 Å². The van der Waals surface area contributed by atoms with Crippen LogP contribution in [0.1, 0.15) is 0 Å². The zero-order chi connectivity index (χ0) is 9.23. The van der Waals surface area contributed by atoms with E-state index in [-0.39, 0.29) is 0 Å². The Kier molecular flexibility index (Phi) is 2.84. The molecular weight excluding hydrogens is 169 g/mol. The summed E-state index contributed by atoms with van der Waals surface area (Å²) in [6.45, 7) is 0. The van der Waals surface area contributed by atoms with Gasteiger partial charge in [0.05, 0.1) is 0 Å². The minimum atomic E-state index is -4.98. The highest BCUT2D eigenvalue weighted by Gasteiger charge is 2.39. The van der Waals surface area contributed by atoms with E-state index in [1.54, 1.807) is 0 Å². The predicted octanol–water partition coefficient (Wildman–Crippen LogP) is 2.22. The van der Waals surface area contributed by atoms with E-state index in [0.717, 1.165) is 14.1 Å². The van der Waals surface area contributed by atoms with Crippen molar-refractivity contribution in [2.24, 2.45) is 0 Å². The van der Waals surface area contributed by atoms with Crippen molar-refractivity contribution in [2.45, 2.75) is 6.18 Å². The molecule has 0 spiro atoms. The highest BCUT2D eigenvalue weighted by molar-refractivity contribution is 5.06. The standard InChI is InChI=1S/C5H6F5N/c1-11(2)3(4(6)7)5(8,9)10/h1-2H3. The van der Waals surface area contributed by atoms with Gasteiger partial charge in [-0.1, -0.05) is 0 Å². The second-order valence-corrected chi connectivity index (χ2v) is 2.00. The van der Waals surface area contributed by atoms with E-state index in [2.05, 4.69) is 0 Å². The van der Waals surface area contributed by atoms with Crippen LogP contribution in [0.25, 0.3) is 0 Å². The van der Waals surface area contributed by atoms with Crippen molar-refractivity contribution in [2.75, 3.05) is 14.1 Å². The van der Waals surface area contributed by atoms with Gasteiger partial charge in [-0.05, 0) is 0 Å². The maximum atomic E-state index is 11.6. The molecule has 0 fully saturated rings. The average Bonchev–Trinajstić information content (AvgIpc) is 1.54. The van der Waals surface area contributed by atoms with Crippen LogP contribution in [0.3, 0.4) is 0 Å². The lowest BCUT2D eigenvalue weighted by Crippen LogP contribution is -2.26. The molecule has 0 aromatic heterocycles. The molecule has 1 nitrogen and oxygen atoms in total. The number of alkyl halides is 3. The Morgan fingerprint density at radius 2 is 1.45 bits per heavy atom. The maximum absolute atomic E-state index is 11.6. The van der Waals surface area contributed by atoms with E-state index in [1.165, 1.54) is 0 Å². The summed E-state index contributed by atoms with van der Waals surface area (Å²) in [6.07, 6.45) is -7.70. The minimum Gasteiger partial charge on any atom is -0.369 e. The zero-order valence-electron chi connectivity index (χ0n) is 5.84. The molecule has 11 heavy (non-hydrogen) atoms. The van der Waals surface area contributed by atoms with Gasteiger partial charge in [0.2, 0.25) is 0 Å². The van der Waals surface area contributed by atoms with Crippen molar-refractivity contribution in [3.05, 3.63) is 11.8 Å². The van der Waals surface area contributed by atoms with E-state index in [4.69, 9.17) is 0 Å². The fourth-order valence-electron chi connectivity index (χ4n) is 0.530. The Hall–Kier alpha value is -0.810.